The Balaban J connectivity index is 1.92. The molecule has 1 aliphatic heterocycles. The molecule has 0 fully saturated rings. The fourth-order valence-electron chi connectivity index (χ4n) is 2.41. The maximum absolute atomic E-state index is 13.6. The van der Waals surface area contributed by atoms with Gasteiger partial charge in [0.15, 0.2) is 5.16 Å². The highest BCUT2D eigenvalue weighted by molar-refractivity contribution is 7.99. The molecule has 0 spiro atoms. The molecule has 0 unspecified atom stereocenters. The van der Waals surface area contributed by atoms with Crippen LogP contribution in [0.3, 0.4) is 0 Å². The second-order valence-electron chi connectivity index (χ2n) is 5.35. The van der Waals surface area contributed by atoms with E-state index >= 15 is 0 Å². The van der Waals surface area contributed by atoms with Gasteiger partial charge in [-0.15, -0.1) is 0 Å². The van der Waals surface area contributed by atoms with Crippen LogP contribution in [0.25, 0.3) is 0 Å². The minimum absolute atomic E-state index is 0.0514. The number of anilines is 1. The van der Waals surface area contributed by atoms with Crippen molar-refractivity contribution in [2.45, 2.75) is 31.5 Å². The summed E-state index contributed by atoms with van der Waals surface area (Å²) in [6, 6.07) is 4.48. The molecule has 2 heterocycles. The van der Waals surface area contributed by atoms with Gasteiger partial charge in [-0.2, -0.15) is 0 Å². The summed E-state index contributed by atoms with van der Waals surface area (Å²) in [5.74, 6) is 0.731. The van der Waals surface area contributed by atoms with Crippen molar-refractivity contribution in [3.63, 3.8) is 0 Å². The van der Waals surface area contributed by atoms with Crippen LogP contribution in [0.4, 0.5) is 10.2 Å². The van der Waals surface area contributed by atoms with Crippen molar-refractivity contribution < 1.29 is 9.18 Å². The van der Waals surface area contributed by atoms with E-state index in [1.54, 1.807) is 6.07 Å². The van der Waals surface area contributed by atoms with Crippen molar-refractivity contribution >= 4 is 46.7 Å². The van der Waals surface area contributed by atoms with Crippen molar-refractivity contribution in [1.29, 1.82) is 0 Å². The number of amides is 1. The lowest BCUT2D eigenvalue weighted by Gasteiger charge is -2.17. The summed E-state index contributed by atoms with van der Waals surface area (Å²) in [5, 5.41) is 0.898. The lowest BCUT2D eigenvalue weighted by molar-refractivity contribution is -0.117. The Hall–Kier alpha value is -1.37. The van der Waals surface area contributed by atoms with Crippen LogP contribution < -0.4 is 4.90 Å². The van der Waals surface area contributed by atoms with Gasteiger partial charge < -0.3 is 0 Å². The maximum Gasteiger partial charge on any atom is 0.233 e. The second kappa shape index (κ2) is 7.25. The molecule has 0 bridgehead atoms. The van der Waals surface area contributed by atoms with E-state index in [0.29, 0.717) is 27.3 Å². The summed E-state index contributed by atoms with van der Waals surface area (Å²) >= 11 is 13.4. The van der Waals surface area contributed by atoms with Crippen molar-refractivity contribution in [1.82, 2.24) is 9.97 Å². The quantitative estimate of drug-likeness (QED) is 0.431. The molecule has 24 heavy (non-hydrogen) atoms. The normalized spacial score (nSPS) is 13.5. The van der Waals surface area contributed by atoms with Gasteiger partial charge in [-0.05, 0) is 24.1 Å². The summed E-state index contributed by atoms with van der Waals surface area (Å²) < 4.78 is 13.6. The first-order valence-corrected chi connectivity index (χ1v) is 9.17. The van der Waals surface area contributed by atoms with Crippen molar-refractivity contribution in [2.75, 3.05) is 10.7 Å². The van der Waals surface area contributed by atoms with E-state index in [1.807, 2.05) is 0 Å². The zero-order valence-electron chi connectivity index (χ0n) is 12.9. The van der Waals surface area contributed by atoms with Gasteiger partial charge in [0, 0.05) is 11.3 Å². The molecular weight excluding hydrogens is 372 g/mol. The molecule has 126 valence electrons. The summed E-state index contributed by atoms with van der Waals surface area (Å²) in [6.45, 7) is 2.28. The van der Waals surface area contributed by atoms with Crippen molar-refractivity contribution in [2.24, 2.45) is 0 Å². The van der Waals surface area contributed by atoms with E-state index in [4.69, 9.17) is 23.2 Å². The van der Waals surface area contributed by atoms with Crippen LogP contribution in [0, 0.1) is 5.82 Å². The van der Waals surface area contributed by atoms with Gasteiger partial charge in [-0.1, -0.05) is 48.0 Å². The molecule has 0 atom stereocenters. The topological polar surface area (TPSA) is 46.1 Å². The number of fused-ring (bicyclic) bond motifs is 1. The fraction of sp³-hybridized carbons (Fsp3) is 0.312. The fourth-order valence-corrected chi connectivity index (χ4v) is 3.50. The molecule has 0 aliphatic carbocycles. The largest absolute Gasteiger partial charge is 0.292 e. The lowest BCUT2D eigenvalue weighted by atomic mass is 10.2. The smallest absolute Gasteiger partial charge is 0.233 e. The first kappa shape index (κ1) is 17.5. The minimum atomic E-state index is -0.513. The maximum atomic E-state index is 13.6. The van der Waals surface area contributed by atoms with Gasteiger partial charge in [-0.25, -0.2) is 14.4 Å². The van der Waals surface area contributed by atoms with Gasteiger partial charge in [-0.3, -0.25) is 9.69 Å². The van der Waals surface area contributed by atoms with Crippen molar-refractivity contribution in [3.05, 3.63) is 45.3 Å². The molecule has 1 aliphatic rings. The summed E-state index contributed by atoms with van der Waals surface area (Å²) in [4.78, 5) is 22.6. The van der Waals surface area contributed by atoms with E-state index in [9.17, 15) is 9.18 Å². The number of hydrogen-bond acceptors (Lipinski definition) is 4. The molecule has 8 heteroatoms. The number of benzene rings is 1. The lowest BCUT2D eigenvalue weighted by Crippen LogP contribution is -2.26. The number of carbonyl (C=O) groups excluding carboxylic acids is 1. The number of thioether (sulfide) groups is 1. The van der Waals surface area contributed by atoms with Crippen LogP contribution in [0.15, 0.2) is 23.4 Å². The molecular formula is C16H14Cl2FN3OS. The van der Waals surface area contributed by atoms with E-state index in [1.165, 1.54) is 28.8 Å². The first-order chi connectivity index (χ1) is 11.5. The van der Waals surface area contributed by atoms with E-state index < -0.39 is 5.82 Å². The van der Waals surface area contributed by atoms with Crippen LogP contribution in [0.1, 0.15) is 24.5 Å². The predicted molar refractivity (Wildman–Crippen MR) is 94.4 cm³/mol. The molecule has 4 nitrogen and oxygen atoms in total. The van der Waals surface area contributed by atoms with E-state index in [0.717, 1.165) is 12.2 Å². The van der Waals surface area contributed by atoms with Crippen LogP contribution in [0.5, 0.6) is 0 Å². The standard InChI is InChI=1S/C16H14Cl2FN3OS/c1-2-5-24-16-20-14(18)10-7-13(23)22(15(10)21-16)8-9-3-4-11(17)12(19)6-9/h3-4,6H,2,5,7-8H2,1H3. The Morgan fingerprint density at radius 2 is 2.12 bits per heavy atom. The molecule has 1 aromatic carbocycles. The average molecular weight is 386 g/mol. The van der Waals surface area contributed by atoms with E-state index in [2.05, 4.69) is 16.9 Å². The second-order valence-corrected chi connectivity index (χ2v) is 7.18. The monoisotopic (exact) mass is 385 g/mol. The third kappa shape index (κ3) is 3.50. The predicted octanol–water partition coefficient (Wildman–Crippen LogP) is 4.51. The number of aromatic nitrogens is 2. The molecule has 0 N–H and O–H groups in total. The Bertz CT molecular complexity index is 803. The number of hydrogen-bond donors (Lipinski definition) is 0. The third-order valence-corrected chi connectivity index (χ3v) is 5.23. The molecule has 0 radical (unpaired) electrons. The Labute approximate surface area is 153 Å². The van der Waals surface area contributed by atoms with E-state index in [-0.39, 0.29) is 23.9 Å². The summed E-state index contributed by atoms with van der Waals surface area (Å²) in [7, 11) is 0. The Kier molecular flexibility index (Phi) is 5.27. The van der Waals surface area contributed by atoms with Crippen molar-refractivity contribution in [3.8, 4) is 0 Å². The molecule has 1 aromatic heterocycles. The summed E-state index contributed by atoms with van der Waals surface area (Å²) in [6.07, 6.45) is 1.14. The highest BCUT2D eigenvalue weighted by Crippen LogP contribution is 2.34. The van der Waals surface area contributed by atoms with Gasteiger partial charge in [0.1, 0.15) is 16.8 Å². The third-order valence-electron chi connectivity index (χ3n) is 3.56. The zero-order chi connectivity index (χ0) is 17.3. The Morgan fingerprint density at radius 1 is 1.33 bits per heavy atom. The van der Waals surface area contributed by atoms with Crippen LogP contribution in [-0.4, -0.2) is 21.6 Å². The van der Waals surface area contributed by atoms with Gasteiger partial charge in [0.25, 0.3) is 0 Å². The highest BCUT2D eigenvalue weighted by atomic mass is 35.5. The summed E-state index contributed by atoms with van der Waals surface area (Å²) in [5.41, 5.74) is 1.26. The molecule has 2 aromatic rings. The molecule has 0 saturated carbocycles. The first-order valence-electron chi connectivity index (χ1n) is 7.43. The average Bonchev–Trinajstić information content (AvgIpc) is 2.86. The number of halogens is 3. The van der Waals surface area contributed by atoms with Crippen LogP contribution in [0.2, 0.25) is 10.2 Å². The Morgan fingerprint density at radius 3 is 2.83 bits per heavy atom. The number of rotatable bonds is 5. The van der Waals surface area contributed by atoms with Gasteiger partial charge in [0.2, 0.25) is 5.91 Å². The van der Waals surface area contributed by atoms with Crippen LogP contribution >= 0.6 is 35.0 Å². The minimum Gasteiger partial charge on any atom is -0.292 e. The van der Waals surface area contributed by atoms with Crippen LogP contribution in [-0.2, 0) is 17.8 Å². The number of nitrogens with zero attached hydrogens (tertiary/aromatic N) is 3. The zero-order valence-corrected chi connectivity index (χ0v) is 15.2. The van der Waals surface area contributed by atoms with Gasteiger partial charge in [0.05, 0.1) is 18.0 Å². The highest BCUT2D eigenvalue weighted by Gasteiger charge is 2.32. The van der Waals surface area contributed by atoms with Gasteiger partial charge >= 0.3 is 0 Å². The molecule has 0 saturated heterocycles. The molecule has 3 rings (SSSR count). The number of carbonyl (C=O) groups is 1. The SMILES string of the molecule is CCCSc1nc(Cl)c2c(n1)N(Cc1ccc(Cl)c(F)c1)C(=O)C2. The molecule has 1 amide bonds.